The van der Waals surface area contributed by atoms with Gasteiger partial charge in [0, 0.05) is 5.69 Å². The Morgan fingerprint density at radius 3 is 2.50 bits per heavy atom. The van der Waals surface area contributed by atoms with E-state index in [9.17, 15) is 0 Å². The van der Waals surface area contributed by atoms with E-state index in [0.29, 0.717) is 6.54 Å². The summed E-state index contributed by atoms with van der Waals surface area (Å²) >= 11 is 0. The molecule has 0 unspecified atom stereocenters. The fourth-order valence-corrected chi connectivity index (χ4v) is 2.76. The van der Waals surface area contributed by atoms with E-state index in [-0.39, 0.29) is 0 Å². The number of aryl methyl sites for hydroxylation is 3. The lowest BCUT2D eigenvalue weighted by Crippen LogP contribution is -2.08. The number of hydrogen-bond acceptors (Lipinski definition) is 2. The van der Waals surface area contributed by atoms with Crippen LogP contribution in [0.15, 0.2) is 18.2 Å². The normalized spacial score (nSPS) is 11.1. The molecule has 1 aromatic heterocycles. The van der Waals surface area contributed by atoms with Gasteiger partial charge in [-0.15, -0.1) is 0 Å². The van der Waals surface area contributed by atoms with Crippen LogP contribution in [0, 0.1) is 13.8 Å². The average Bonchev–Trinajstić information content (AvgIpc) is 2.79. The maximum atomic E-state index is 5.77. The minimum Gasteiger partial charge on any atom is -0.330 e. The summed E-state index contributed by atoms with van der Waals surface area (Å²) in [5.74, 6) is 0. The molecular formula is C17H25N3. The maximum absolute atomic E-state index is 5.77. The molecule has 0 amide bonds. The number of benzene rings is 1. The lowest BCUT2D eigenvalue weighted by molar-refractivity contribution is 0.787. The molecule has 0 bridgehead atoms. The van der Waals surface area contributed by atoms with E-state index in [0.717, 1.165) is 19.3 Å². The summed E-state index contributed by atoms with van der Waals surface area (Å²) in [6.07, 6.45) is 2.85. The Morgan fingerprint density at radius 2 is 1.90 bits per heavy atom. The predicted molar refractivity (Wildman–Crippen MR) is 84.6 cm³/mol. The number of hydrogen-bond donors (Lipinski definition) is 1. The van der Waals surface area contributed by atoms with Crippen molar-refractivity contribution in [2.24, 2.45) is 5.73 Å². The molecule has 0 atom stereocenters. The van der Waals surface area contributed by atoms with Gasteiger partial charge in [-0.25, -0.2) is 4.68 Å². The highest BCUT2D eigenvalue weighted by molar-refractivity contribution is 5.45. The van der Waals surface area contributed by atoms with Crippen molar-refractivity contribution in [2.45, 2.75) is 47.0 Å². The SMILES string of the molecule is CCc1nn(-c2cc(C)ccc2C)c(CC)c1CCN. The van der Waals surface area contributed by atoms with E-state index >= 15 is 0 Å². The smallest absolute Gasteiger partial charge is 0.0680 e. The summed E-state index contributed by atoms with van der Waals surface area (Å²) in [6, 6.07) is 6.53. The highest BCUT2D eigenvalue weighted by Crippen LogP contribution is 2.23. The van der Waals surface area contributed by atoms with Crippen LogP contribution in [-0.2, 0) is 19.3 Å². The van der Waals surface area contributed by atoms with Crippen molar-refractivity contribution in [3.8, 4) is 5.69 Å². The van der Waals surface area contributed by atoms with Gasteiger partial charge < -0.3 is 5.73 Å². The highest BCUT2D eigenvalue weighted by Gasteiger charge is 2.16. The van der Waals surface area contributed by atoms with E-state index in [4.69, 9.17) is 10.8 Å². The molecule has 0 aliphatic heterocycles. The van der Waals surface area contributed by atoms with Gasteiger partial charge in [0.05, 0.1) is 11.4 Å². The van der Waals surface area contributed by atoms with Gasteiger partial charge in [0.2, 0.25) is 0 Å². The first-order valence-electron chi connectivity index (χ1n) is 7.49. The summed E-state index contributed by atoms with van der Waals surface area (Å²) in [4.78, 5) is 0. The second-order valence-electron chi connectivity index (χ2n) is 5.32. The molecule has 1 heterocycles. The molecule has 2 N–H and O–H groups in total. The van der Waals surface area contributed by atoms with Crippen LogP contribution < -0.4 is 5.73 Å². The summed E-state index contributed by atoms with van der Waals surface area (Å²) in [5.41, 5.74) is 13.3. The Hall–Kier alpha value is -1.61. The van der Waals surface area contributed by atoms with Gasteiger partial charge in [-0.3, -0.25) is 0 Å². The molecule has 2 rings (SSSR count). The van der Waals surface area contributed by atoms with Crippen LogP contribution in [-0.4, -0.2) is 16.3 Å². The molecule has 1 aromatic carbocycles. The largest absolute Gasteiger partial charge is 0.330 e. The summed E-state index contributed by atoms with van der Waals surface area (Å²) < 4.78 is 2.13. The lowest BCUT2D eigenvalue weighted by Gasteiger charge is -2.11. The Kier molecular flexibility index (Phi) is 4.61. The molecule has 3 nitrogen and oxygen atoms in total. The molecule has 0 aliphatic carbocycles. The number of aromatic nitrogens is 2. The number of rotatable bonds is 5. The molecule has 0 radical (unpaired) electrons. The van der Waals surface area contributed by atoms with E-state index < -0.39 is 0 Å². The Bertz CT molecular complexity index is 597. The Labute approximate surface area is 121 Å². The maximum Gasteiger partial charge on any atom is 0.0680 e. The van der Waals surface area contributed by atoms with Crippen molar-refractivity contribution < 1.29 is 0 Å². The number of nitrogens with two attached hydrogens (primary N) is 1. The van der Waals surface area contributed by atoms with Crippen LogP contribution in [0.1, 0.15) is 41.9 Å². The molecule has 0 fully saturated rings. The van der Waals surface area contributed by atoms with Crippen LogP contribution in [0.3, 0.4) is 0 Å². The van der Waals surface area contributed by atoms with E-state index in [1.807, 2.05) is 0 Å². The van der Waals surface area contributed by atoms with Gasteiger partial charge in [0.1, 0.15) is 0 Å². The Balaban J connectivity index is 2.64. The van der Waals surface area contributed by atoms with Crippen molar-refractivity contribution in [3.63, 3.8) is 0 Å². The van der Waals surface area contributed by atoms with Crippen LogP contribution >= 0.6 is 0 Å². The first-order valence-corrected chi connectivity index (χ1v) is 7.49. The molecule has 2 aromatic rings. The first-order chi connectivity index (χ1) is 9.62. The van der Waals surface area contributed by atoms with E-state index in [1.165, 1.54) is 33.8 Å². The van der Waals surface area contributed by atoms with Gasteiger partial charge >= 0.3 is 0 Å². The second-order valence-corrected chi connectivity index (χ2v) is 5.32. The molecule has 0 aliphatic rings. The molecule has 108 valence electrons. The molecule has 20 heavy (non-hydrogen) atoms. The molecule has 3 heteroatoms. The zero-order valence-corrected chi connectivity index (χ0v) is 13.0. The van der Waals surface area contributed by atoms with Gasteiger partial charge in [-0.05, 0) is 62.4 Å². The van der Waals surface area contributed by atoms with Crippen molar-refractivity contribution in [2.75, 3.05) is 6.54 Å². The minimum atomic E-state index is 0.679. The van der Waals surface area contributed by atoms with Crippen molar-refractivity contribution in [1.29, 1.82) is 0 Å². The molecular weight excluding hydrogens is 246 g/mol. The highest BCUT2D eigenvalue weighted by atomic mass is 15.3. The zero-order valence-electron chi connectivity index (χ0n) is 13.0. The standard InChI is InChI=1S/C17H25N3/c1-5-15-14(9-10-18)16(6-2)20(19-15)17-11-12(3)7-8-13(17)4/h7-8,11H,5-6,9-10,18H2,1-4H3. The molecule has 0 saturated carbocycles. The predicted octanol–water partition coefficient (Wildman–Crippen LogP) is 3.12. The summed E-state index contributed by atoms with van der Waals surface area (Å²) in [7, 11) is 0. The van der Waals surface area contributed by atoms with Crippen molar-refractivity contribution in [3.05, 3.63) is 46.3 Å². The third-order valence-electron chi connectivity index (χ3n) is 3.83. The second kappa shape index (κ2) is 6.23. The van der Waals surface area contributed by atoms with Crippen LogP contribution in [0.25, 0.3) is 5.69 Å². The summed E-state index contributed by atoms with van der Waals surface area (Å²) in [5, 5.41) is 4.85. The molecule has 0 spiro atoms. The third-order valence-corrected chi connectivity index (χ3v) is 3.83. The lowest BCUT2D eigenvalue weighted by atomic mass is 10.1. The number of nitrogens with zero attached hydrogens (tertiary/aromatic N) is 2. The minimum absolute atomic E-state index is 0.679. The topological polar surface area (TPSA) is 43.8 Å². The summed E-state index contributed by atoms with van der Waals surface area (Å²) in [6.45, 7) is 9.30. The van der Waals surface area contributed by atoms with E-state index in [1.54, 1.807) is 0 Å². The van der Waals surface area contributed by atoms with Gasteiger partial charge in [0.25, 0.3) is 0 Å². The fraction of sp³-hybridized carbons (Fsp3) is 0.471. The fourth-order valence-electron chi connectivity index (χ4n) is 2.76. The average molecular weight is 271 g/mol. The quantitative estimate of drug-likeness (QED) is 0.908. The van der Waals surface area contributed by atoms with Gasteiger partial charge in [-0.1, -0.05) is 26.0 Å². The zero-order chi connectivity index (χ0) is 14.7. The van der Waals surface area contributed by atoms with Gasteiger partial charge in [0.15, 0.2) is 0 Å². The molecule has 0 saturated heterocycles. The van der Waals surface area contributed by atoms with Gasteiger partial charge in [-0.2, -0.15) is 5.10 Å². The third kappa shape index (κ3) is 2.63. The van der Waals surface area contributed by atoms with Crippen LogP contribution in [0.2, 0.25) is 0 Å². The van der Waals surface area contributed by atoms with Crippen molar-refractivity contribution >= 4 is 0 Å². The first kappa shape index (κ1) is 14.8. The van der Waals surface area contributed by atoms with Crippen LogP contribution in [0.5, 0.6) is 0 Å². The Morgan fingerprint density at radius 1 is 1.15 bits per heavy atom. The van der Waals surface area contributed by atoms with E-state index in [2.05, 4.69) is 50.6 Å². The van der Waals surface area contributed by atoms with Crippen molar-refractivity contribution in [1.82, 2.24) is 9.78 Å². The monoisotopic (exact) mass is 271 g/mol. The van der Waals surface area contributed by atoms with Crippen LogP contribution in [0.4, 0.5) is 0 Å².